The fourth-order valence-electron chi connectivity index (χ4n) is 3.73. The van der Waals surface area contributed by atoms with E-state index in [4.69, 9.17) is 21.7 Å². The zero-order chi connectivity index (χ0) is 21.8. The van der Waals surface area contributed by atoms with Gasteiger partial charge in [0, 0.05) is 17.1 Å². The number of hydrogen-bond acceptors (Lipinski definition) is 6. The van der Waals surface area contributed by atoms with E-state index in [1.807, 2.05) is 17.5 Å². The number of allylic oxidation sites excluding steroid dienone is 1. The molecule has 31 heavy (non-hydrogen) atoms. The molecule has 0 saturated carbocycles. The summed E-state index contributed by atoms with van der Waals surface area (Å²) in [5, 5.41) is 10.5. The summed E-state index contributed by atoms with van der Waals surface area (Å²) in [6, 6.07) is 12.4. The Hall–Kier alpha value is -2.16. The summed E-state index contributed by atoms with van der Waals surface area (Å²) >= 11 is 9.10. The summed E-state index contributed by atoms with van der Waals surface area (Å²) in [4.78, 5) is 9.14. The molecule has 3 aromatic rings. The maximum Gasteiger partial charge on any atom is 0.258 e. The molecule has 0 fully saturated rings. The lowest BCUT2D eigenvalue weighted by Crippen LogP contribution is -2.46. The molecule has 0 spiro atoms. The minimum atomic E-state index is -0.137. The maximum absolute atomic E-state index is 5.78. The molecule has 1 atom stereocenters. The van der Waals surface area contributed by atoms with Crippen molar-refractivity contribution < 1.29 is 4.52 Å². The lowest BCUT2D eigenvalue weighted by atomic mass is 9.94. The average Bonchev–Trinajstić information content (AvgIpc) is 3.48. The number of benzene rings is 1. The van der Waals surface area contributed by atoms with Crippen molar-refractivity contribution in [2.75, 3.05) is 12.8 Å². The smallest absolute Gasteiger partial charge is 0.258 e. The van der Waals surface area contributed by atoms with Gasteiger partial charge in [-0.3, -0.25) is 0 Å². The summed E-state index contributed by atoms with van der Waals surface area (Å²) in [6.07, 6.45) is 5.50. The van der Waals surface area contributed by atoms with Crippen LogP contribution in [0.1, 0.15) is 50.6 Å². The van der Waals surface area contributed by atoms with E-state index in [2.05, 4.69) is 59.7 Å². The van der Waals surface area contributed by atoms with Gasteiger partial charge in [0.15, 0.2) is 5.11 Å². The van der Waals surface area contributed by atoms with E-state index in [0.29, 0.717) is 11.7 Å². The molecule has 1 N–H and O–H groups in total. The minimum Gasteiger partial charge on any atom is -0.351 e. The predicted molar refractivity (Wildman–Crippen MR) is 133 cm³/mol. The van der Waals surface area contributed by atoms with E-state index in [-0.39, 0.29) is 6.04 Å². The van der Waals surface area contributed by atoms with Gasteiger partial charge in [0.1, 0.15) is 0 Å². The fraction of sp³-hybridized carbons (Fsp3) is 0.348. The molecule has 0 bridgehead atoms. The Morgan fingerprint density at radius 3 is 2.71 bits per heavy atom. The highest BCUT2D eigenvalue weighted by Crippen LogP contribution is 2.38. The Morgan fingerprint density at radius 1 is 1.23 bits per heavy atom. The highest BCUT2D eigenvalue weighted by molar-refractivity contribution is 7.98. The molecule has 3 heterocycles. The molecule has 1 aliphatic rings. The van der Waals surface area contributed by atoms with Crippen LogP contribution in [0.15, 0.2) is 56.9 Å². The zero-order valence-electron chi connectivity index (χ0n) is 17.9. The second-order valence-corrected chi connectivity index (χ2v) is 9.63. The van der Waals surface area contributed by atoms with Crippen LogP contribution in [0.5, 0.6) is 0 Å². The summed E-state index contributed by atoms with van der Waals surface area (Å²) in [7, 11) is 0. The number of thiocarbonyl (C=S) groups is 1. The lowest BCUT2D eigenvalue weighted by molar-refractivity contribution is 0.395. The highest BCUT2D eigenvalue weighted by Gasteiger charge is 2.33. The molecular weight excluding hydrogens is 444 g/mol. The summed E-state index contributed by atoms with van der Waals surface area (Å²) in [5.41, 5.74) is 3.18. The van der Waals surface area contributed by atoms with Crippen LogP contribution in [-0.2, 0) is 0 Å². The maximum atomic E-state index is 5.78. The van der Waals surface area contributed by atoms with Gasteiger partial charge in [0.05, 0.1) is 16.5 Å². The molecule has 0 radical (unpaired) electrons. The van der Waals surface area contributed by atoms with Crippen LogP contribution in [-0.4, -0.2) is 33.0 Å². The Balaban J connectivity index is 1.75. The SMILES string of the molecule is CCCCCN1C(=S)NC(c2ccc(SC)cc2)C(c2nc(-c3cccs3)no2)=C1C. The van der Waals surface area contributed by atoms with Gasteiger partial charge < -0.3 is 14.7 Å². The second-order valence-electron chi connectivity index (χ2n) is 7.41. The van der Waals surface area contributed by atoms with E-state index >= 15 is 0 Å². The quantitative estimate of drug-likeness (QED) is 0.233. The Morgan fingerprint density at radius 2 is 2.03 bits per heavy atom. The summed E-state index contributed by atoms with van der Waals surface area (Å²) in [5.74, 6) is 1.16. The van der Waals surface area contributed by atoms with Gasteiger partial charge in [0.25, 0.3) is 5.89 Å². The first-order chi connectivity index (χ1) is 15.1. The minimum absolute atomic E-state index is 0.137. The number of thioether (sulfide) groups is 1. The number of nitrogens with one attached hydrogen (secondary N) is 1. The number of thiophene rings is 1. The lowest BCUT2D eigenvalue weighted by Gasteiger charge is -2.37. The topological polar surface area (TPSA) is 54.2 Å². The molecule has 1 unspecified atom stereocenters. The van der Waals surface area contributed by atoms with E-state index < -0.39 is 0 Å². The van der Waals surface area contributed by atoms with E-state index in [1.165, 1.54) is 17.7 Å². The Labute approximate surface area is 196 Å². The van der Waals surface area contributed by atoms with Crippen LogP contribution in [0.2, 0.25) is 0 Å². The van der Waals surface area contributed by atoms with Gasteiger partial charge >= 0.3 is 0 Å². The number of nitrogens with zero attached hydrogens (tertiary/aromatic N) is 3. The standard InChI is InChI=1S/C23H26N4OS3/c1-4-5-6-13-27-15(2)19(22-25-21(26-28-22)18-8-7-14-31-18)20(24-23(27)29)16-9-11-17(30-3)12-10-16/h7-12,14,20H,4-6,13H2,1-3H3,(H,24,29). The molecule has 4 rings (SSSR count). The third-order valence-electron chi connectivity index (χ3n) is 5.43. The van der Waals surface area contributed by atoms with Crippen LogP contribution in [0.3, 0.4) is 0 Å². The van der Waals surface area contributed by atoms with E-state index in [1.54, 1.807) is 23.1 Å². The number of aromatic nitrogens is 2. The van der Waals surface area contributed by atoms with Crippen molar-refractivity contribution in [1.29, 1.82) is 0 Å². The fourth-order valence-corrected chi connectivity index (χ4v) is 5.14. The predicted octanol–water partition coefficient (Wildman–Crippen LogP) is 6.37. The second kappa shape index (κ2) is 9.97. The normalized spacial score (nSPS) is 16.7. The van der Waals surface area contributed by atoms with Gasteiger partial charge in [-0.2, -0.15) is 4.98 Å². The van der Waals surface area contributed by atoms with E-state index in [0.717, 1.165) is 39.8 Å². The van der Waals surface area contributed by atoms with Gasteiger partial charge in [-0.05, 0) is 61.0 Å². The van der Waals surface area contributed by atoms with Gasteiger partial charge in [-0.15, -0.1) is 23.1 Å². The number of rotatable bonds is 8. The van der Waals surface area contributed by atoms with Gasteiger partial charge in [-0.25, -0.2) is 0 Å². The number of unbranched alkanes of at least 4 members (excludes halogenated alkanes) is 2. The van der Waals surface area contributed by atoms with Gasteiger partial charge in [-0.1, -0.05) is 43.1 Å². The molecule has 162 valence electrons. The third kappa shape index (κ3) is 4.71. The molecule has 0 saturated heterocycles. The third-order valence-corrected chi connectivity index (χ3v) is 7.38. The summed E-state index contributed by atoms with van der Waals surface area (Å²) in [6.45, 7) is 5.19. The van der Waals surface area contributed by atoms with Crippen LogP contribution < -0.4 is 5.32 Å². The first-order valence-electron chi connectivity index (χ1n) is 10.4. The Kier molecular flexibility index (Phi) is 7.09. The van der Waals surface area contributed by atoms with Crippen molar-refractivity contribution in [3.8, 4) is 10.7 Å². The molecule has 0 aliphatic carbocycles. The van der Waals surface area contributed by atoms with Crippen molar-refractivity contribution in [2.24, 2.45) is 0 Å². The van der Waals surface area contributed by atoms with Crippen molar-refractivity contribution in [3.63, 3.8) is 0 Å². The van der Waals surface area contributed by atoms with Crippen molar-refractivity contribution in [1.82, 2.24) is 20.4 Å². The molecular formula is C23H26N4OS3. The molecule has 1 aliphatic heterocycles. The molecule has 5 nitrogen and oxygen atoms in total. The first-order valence-corrected chi connectivity index (χ1v) is 12.9. The highest BCUT2D eigenvalue weighted by atomic mass is 32.2. The molecule has 8 heteroatoms. The first kappa shape index (κ1) is 22.0. The van der Waals surface area contributed by atoms with Crippen molar-refractivity contribution >= 4 is 46.0 Å². The van der Waals surface area contributed by atoms with Crippen LogP contribution in [0.4, 0.5) is 0 Å². The Bertz CT molecular complexity index is 1060. The van der Waals surface area contributed by atoms with E-state index in [9.17, 15) is 0 Å². The van der Waals surface area contributed by atoms with Crippen molar-refractivity contribution in [3.05, 3.63) is 58.9 Å². The monoisotopic (exact) mass is 470 g/mol. The molecule has 0 amide bonds. The largest absolute Gasteiger partial charge is 0.351 e. The van der Waals surface area contributed by atoms with Crippen LogP contribution >= 0.6 is 35.3 Å². The van der Waals surface area contributed by atoms with Crippen molar-refractivity contribution in [2.45, 2.75) is 44.0 Å². The summed E-state index contributed by atoms with van der Waals surface area (Å²) < 4.78 is 5.78. The number of hydrogen-bond donors (Lipinski definition) is 1. The van der Waals surface area contributed by atoms with Crippen LogP contribution in [0.25, 0.3) is 16.3 Å². The van der Waals surface area contributed by atoms with Gasteiger partial charge in [0.2, 0.25) is 5.82 Å². The molecule has 1 aromatic carbocycles. The zero-order valence-corrected chi connectivity index (χ0v) is 20.4. The molecule has 2 aromatic heterocycles. The van der Waals surface area contributed by atoms with Crippen LogP contribution in [0, 0.1) is 0 Å². The average molecular weight is 471 g/mol.